The number of aryl methyl sites for hydroxylation is 1. The molecule has 2 nitrogen and oxygen atoms in total. The predicted molar refractivity (Wildman–Crippen MR) is 233 cm³/mol. The van der Waals surface area contributed by atoms with E-state index >= 15 is 0 Å². The van der Waals surface area contributed by atoms with Crippen molar-refractivity contribution in [2.45, 2.75) is 64.7 Å². The summed E-state index contributed by atoms with van der Waals surface area (Å²) in [5, 5.41) is 0. The highest BCUT2D eigenvalue weighted by atomic mass is 15.2. The van der Waals surface area contributed by atoms with Crippen LogP contribution in [0.3, 0.4) is 0 Å². The van der Waals surface area contributed by atoms with Crippen molar-refractivity contribution < 1.29 is 0 Å². The highest BCUT2D eigenvalue weighted by molar-refractivity contribution is 7.00. The molecule has 0 amide bonds. The highest BCUT2D eigenvalue weighted by Crippen LogP contribution is 2.63. The second-order valence-electron chi connectivity index (χ2n) is 18.2. The summed E-state index contributed by atoms with van der Waals surface area (Å²) in [5.41, 5.74) is 23.4. The quantitative estimate of drug-likeness (QED) is 0.157. The van der Waals surface area contributed by atoms with Gasteiger partial charge in [0, 0.05) is 28.4 Å². The Bertz CT molecular complexity index is 2730. The van der Waals surface area contributed by atoms with Crippen LogP contribution in [0.25, 0.3) is 11.1 Å². The topological polar surface area (TPSA) is 6.48 Å². The minimum absolute atomic E-state index is 0.000617. The van der Waals surface area contributed by atoms with Crippen LogP contribution in [0.15, 0.2) is 146 Å². The number of anilines is 6. The summed E-state index contributed by atoms with van der Waals surface area (Å²) < 4.78 is 0. The second kappa shape index (κ2) is 10.9. The molecule has 11 rings (SSSR count). The maximum atomic E-state index is 2.63. The normalized spacial score (nSPS) is 15.2. The molecule has 0 N–H and O–H groups in total. The van der Waals surface area contributed by atoms with E-state index in [-0.39, 0.29) is 17.5 Å². The van der Waals surface area contributed by atoms with Gasteiger partial charge in [-0.05, 0) is 121 Å². The molecule has 0 atom stereocenters. The molecule has 3 heterocycles. The lowest BCUT2D eigenvalue weighted by Crippen LogP contribution is -2.62. The summed E-state index contributed by atoms with van der Waals surface area (Å²) in [6.45, 7) is 16.3. The van der Waals surface area contributed by atoms with Crippen molar-refractivity contribution in [3.63, 3.8) is 0 Å². The van der Waals surface area contributed by atoms with Crippen molar-refractivity contribution in [1.29, 1.82) is 0 Å². The van der Waals surface area contributed by atoms with Gasteiger partial charge in [-0.15, -0.1) is 0 Å². The molecule has 0 radical (unpaired) electrons. The third-order valence-electron chi connectivity index (χ3n) is 13.0. The van der Waals surface area contributed by atoms with E-state index < -0.39 is 5.41 Å². The van der Waals surface area contributed by atoms with Crippen molar-refractivity contribution in [2.24, 2.45) is 0 Å². The maximum absolute atomic E-state index is 2.63. The average Bonchev–Trinajstić information content (AvgIpc) is 3.47. The summed E-state index contributed by atoms with van der Waals surface area (Å²) in [6.07, 6.45) is 0. The van der Waals surface area contributed by atoms with Gasteiger partial charge < -0.3 is 9.80 Å². The third kappa shape index (κ3) is 4.22. The molecular weight excluding hydrogens is 663 g/mol. The Morgan fingerprint density at radius 1 is 0.455 bits per heavy atom. The van der Waals surface area contributed by atoms with Crippen molar-refractivity contribution in [3.8, 4) is 11.1 Å². The SMILES string of the molecule is Cc1cc2c3c(c1)N1c4ccccc4C4(c5ccccc5-c5ccccc54)c4cccc(c41)B3c1ccc(C(C)(C)C)cc1N2c1cccc(C(C)(C)C)c1. The Labute approximate surface area is 326 Å². The molecule has 55 heavy (non-hydrogen) atoms. The molecular formula is C52H45BN2. The first kappa shape index (κ1) is 32.6. The zero-order chi connectivity index (χ0) is 37.6. The number of nitrogens with zero attached hydrogens (tertiary/aromatic N) is 2. The Morgan fingerprint density at radius 2 is 1.04 bits per heavy atom. The molecule has 266 valence electrons. The van der Waals surface area contributed by atoms with Crippen LogP contribution in [0.1, 0.15) is 80.5 Å². The fraction of sp³-hybridized carbons (Fsp3) is 0.192. The van der Waals surface area contributed by atoms with Gasteiger partial charge in [0.1, 0.15) is 0 Å². The van der Waals surface area contributed by atoms with Gasteiger partial charge in [0.05, 0.1) is 11.1 Å². The Hall–Kier alpha value is -5.80. The number of hydrogen-bond donors (Lipinski definition) is 0. The molecule has 1 aliphatic carbocycles. The van der Waals surface area contributed by atoms with E-state index in [1.807, 2.05) is 0 Å². The molecule has 0 aromatic heterocycles. The highest BCUT2D eigenvalue weighted by Gasteiger charge is 2.55. The first-order valence-electron chi connectivity index (χ1n) is 19.9. The minimum atomic E-state index is -0.442. The summed E-state index contributed by atoms with van der Waals surface area (Å²) in [7, 11) is 0. The Morgan fingerprint density at radius 3 is 1.73 bits per heavy atom. The summed E-state index contributed by atoms with van der Waals surface area (Å²) in [4.78, 5) is 5.22. The predicted octanol–water partition coefficient (Wildman–Crippen LogP) is 11.3. The van der Waals surface area contributed by atoms with E-state index in [9.17, 15) is 0 Å². The lowest BCUT2D eigenvalue weighted by Gasteiger charge is -2.51. The number of benzene rings is 7. The largest absolute Gasteiger partial charge is 0.311 e. The van der Waals surface area contributed by atoms with Crippen molar-refractivity contribution in [3.05, 3.63) is 185 Å². The van der Waals surface area contributed by atoms with Crippen LogP contribution in [0, 0.1) is 6.92 Å². The fourth-order valence-electron chi connectivity index (χ4n) is 10.5. The van der Waals surface area contributed by atoms with Crippen LogP contribution in [0.5, 0.6) is 0 Å². The minimum Gasteiger partial charge on any atom is -0.311 e. The van der Waals surface area contributed by atoms with Crippen LogP contribution in [-0.4, -0.2) is 6.71 Å². The van der Waals surface area contributed by atoms with Gasteiger partial charge >= 0.3 is 0 Å². The smallest absolute Gasteiger partial charge is 0.252 e. The standard InChI is InChI=1S/C52H45BN2/c1-32-28-46-48-47(29-32)55-44-25-13-12-22-40(44)52(38-20-10-8-18-36(38)37-19-9-11-21-39(37)52)41-23-15-24-43(49(41)55)53(48)42-27-26-34(51(5,6)7)31-45(42)54(46)35-17-14-16-33(30-35)50(2,3)4/h8-31H,1-7H3. The van der Waals surface area contributed by atoms with E-state index in [4.69, 9.17) is 0 Å². The zero-order valence-electron chi connectivity index (χ0n) is 32.8. The maximum Gasteiger partial charge on any atom is 0.252 e. The van der Waals surface area contributed by atoms with Gasteiger partial charge in [-0.1, -0.05) is 151 Å². The first-order valence-corrected chi connectivity index (χ1v) is 19.9. The van der Waals surface area contributed by atoms with E-state index in [1.165, 1.54) is 101 Å². The van der Waals surface area contributed by atoms with Crippen molar-refractivity contribution in [1.82, 2.24) is 0 Å². The lowest BCUT2D eigenvalue weighted by molar-refractivity contribution is 0.590. The molecule has 0 saturated carbocycles. The van der Waals surface area contributed by atoms with Crippen LogP contribution in [0.4, 0.5) is 34.1 Å². The second-order valence-corrected chi connectivity index (χ2v) is 18.2. The molecule has 0 bridgehead atoms. The molecule has 4 aliphatic rings. The molecule has 0 saturated heterocycles. The first-order chi connectivity index (χ1) is 26.5. The van der Waals surface area contributed by atoms with Gasteiger partial charge in [-0.25, -0.2) is 0 Å². The number of rotatable bonds is 1. The van der Waals surface area contributed by atoms with Gasteiger partial charge in [0.25, 0.3) is 6.71 Å². The van der Waals surface area contributed by atoms with Crippen LogP contribution in [-0.2, 0) is 16.2 Å². The molecule has 3 aliphatic heterocycles. The van der Waals surface area contributed by atoms with Crippen LogP contribution < -0.4 is 26.2 Å². The molecule has 0 fully saturated rings. The van der Waals surface area contributed by atoms with Crippen LogP contribution in [0.2, 0.25) is 0 Å². The summed E-state index contributed by atoms with van der Waals surface area (Å²) in [6, 6.07) is 56.2. The van der Waals surface area contributed by atoms with Gasteiger partial charge in [-0.2, -0.15) is 0 Å². The van der Waals surface area contributed by atoms with E-state index in [0.29, 0.717) is 0 Å². The third-order valence-corrected chi connectivity index (χ3v) is 13.0. The van der Waals surface area contributed by atoms with E-state index in [2.05, 4.69) is 204 Å². The summed E-state index contributed by atoms with van der Waals surface area (Å²) >= 11 is 0. The molecule has 0 unspecified atom stereocenters. The molecule has 7 aromatic carbocycles. The Balaban J connectivity index is 1.27. The van der Waals surface area contributed by atoms with Crippen molar-refractivity contribution >= 4 is 57.2 Å². The Kier molecular flexibility index (Phi) is 6.47. The zero-order valence-corrected chi connectivity index (χ0v) is 32.8. The van der Waals surface area contributed by atoms with Crippen molar-refractivity contribution in [2.75, 3.05) is 9.80 Å². The van der Waals surface area contributed by atoms with E-state index in [0.717, 1.165) is 0 Å². The average molecular weight is 709 g/mol. The molecule has 3 heteroatoms. The van der Waals surface area contributed by atoms with Gasteiger partial charge in [0.2, 0.25) is 0 Å². The lowest BCUT2D eigenvalue weighted by atomic mass is 9.33. The molecule has 7 aromatic rings. The van der Waals surface area contributed by atoms with Crippen LogP contribution >= 0.6 is 0 Å². The summed E-state index contributed by atoms with van der Waals surface area (Å²) in [5.74, 6) is 0. The van der Waals surface area contributed by atoms with Gasteiger partial charge in [0.15, 0.2) is 0 Å². The number of fused-ring (bicyclic) bond motifs is 13. The van der Waals surface area contributed by atoms with E-state index in [1.54, 1.807) is 0 Å². The monoisotopic (exact) mass is 708 g/mol. The number of para-hydroxylation sites is 2. The molecule has 1 spiro atoms. The fourth-order valence-corrected chi connectivity index (χ4v) is 10.5. The number of hydrogen-bond acceptors (Lipinski definition) is 2. The van der Waals surface area contributed by atoms with Gasteiger partial charge in [-0.3, -0.25) is 0 Å².